The van der Waals surface area contributed by atoms with E-state index in [1.165, 1.54) is 6.92 Å². The molecule has 0 saturated heterocycles. The largest absolute Gasteiger partial charge is 0.351 e. The van der Waals surface area contributed by atoms with Gasteiger partial charge >= 0.3 is 0 Å². The third-order valence-corrected chi connectivity index (χ3v) is 2.39. The van der Waals surface area contributed by atoms with Crippen molar-refractivity contribution in [2.24, 2.45) is 0 Å². The molecule has 0 fully saturated rings. The van der Waals surface area contributed by atoms with Gasteiger partial charge in [0, 0.05) is 16.8 Å². The maximum Gasteiger partial charge on any atom is 0.233 e. The summed E-state index contributed by atoms with van der Waals surface area (Å²) in [6, 6.07) is 6.61. The molecule has 0 spiro atoms. The van der Waals surface area contributed by atoms with E-state index in [1.54, 1.807) is 24.3 Å². The molecule has 2 amide bonds. The van der Waals surface area contributed by atoms with Crippen molar-refractivity contribution in [3.8, 4) is 0 Å². The Bertz CT molecular complexity index is 530. The molecule has 5 nitrogen and oxygen atoms in total. The lowest BCUT2D eigenvalue weighted by atomic mass is 10.1. The lowest BCUT2D eigenvalue weighted by Crippen LogP contribution is -2.41. The summed E-state index contributed by atoms with van der Waals surface area (Å²) in [5.41, 5.74) is 0.652. The van der Waals surface area contributed by atoms with Gasteiger partial charge in [-0.05, 0) is 39.8 Å². The van der Waals surface area contributed by atoms with Crippen LogP contribution in [0.4, 0.5) is 5.69 Å². The molecule has 20 heavy (non-hydrogen) atoms. The molecule has 108 valence electrons. The van der Waals surface area contributed by atoms with Gasteiger partial charge in [0.15, 0.2) is 5.78 Å². The minimum Gasteiger partial charge on any atom is -0.351 e. The van der Waals surface area contributed by atoms with E-state index in [1.807, 2.05) is 20.8 Å². The SMILES string of the molecule is CC(=O)c1cccc(NC(=O)CC(=O)NC(C)(C)C)c1. The predicted octanol–water partition coefficient (Wildman–Crippen LogP) is 2.13. The molecule has 0 aliphatic rings. The molecule has 1 aromatic carbocycles. The molecule has 0 aliphatic carbocycles. The zero-order chi connectivity index (χ0) is 15.3. The number of Topliss-reactive ketones (excluding diaryl/α,β-unsaturated/α-hetero) is 1. The summed E-state index contributed by atoms with van der Waals surface area (Å²) in [5, 5.41) is 5.31. The van der Waals surface area contributed by atoms with Crippen LogP contribution in [0.15, 0.2) is 24.3 Å². The van der Waals surface area contributed by atoms with Gasteiger partial charge in [-0.2, -0.15) is 0 Å². The summed E-state index contributed by atoms with van der Waals surface area (Å²) in [4.78, 5) is 34.6. The molecule has 5 heteroatoms. The number of hydrogen-bond donors (Lipinski definition) is 2. The number of carbonyl (C=O) groups excluding carboxylic acids is 3. The molecular formula is C15H20N2O3. The average molecular weight is 276 g/mol. The third kappa shape index (κ3) is 5.65. The highest BCUT2D eigenvalue weighted by molar-refractivity contribution is 6.04. The van der Waals surface area contributed by atoms with Crippen LogP contribution in [0.25, 0.3) is 0 Å². The van der Waals surface area contributed by atoms with Crippen molar-refractivity contribution in [1.29, 1.82) is 0 Å². The van der Waals surface area contributed by atoms with E-state index in [0.717, 1.165) is 0 Å². The molecule has 2 N–H and O–H groups in total. The highest BCUT2D eigenvalue weighted by Gasteiger charge is 2.16. The first-order valence-electron chi connectivity index (χ1n) is 6.39. The Morgan fingerprint density at radius 3 is 2.30 bits per heavy atom. The summed E-state index contributed by atoms with van der Waals surface area (Å²) in [5.74, 6) is -0.822. The molecule has 0 atom stereocenters. The van der Waals surface area contributed by atoms with E-state index in [9.17, 15) is 14.4 Å². The Balaban J connectivity index is 2.61. The number of hydrogen-bond acceptors (Lipinski definition) is 3. The highest BCUT2D eigenvalue weighted by Crippen LogP contribution is 2.11. The zero-order valence-corrected chi connectivity index (χ0v) is 12.2. The molecule has 0 bridgehead atoms. The summed E-state index contributed by atoms with van der Waals surface area (Å²) >= 11 is 0. The van der Waals surface area contributed by atoms with Gasteiger partial charge in [-0.1, -0.05) is 12.1 Å². The van der Waals surface area contributed by atoms with Crippen LogP contribution in [0.1, 0.15) is 44.5 Å². The Morgan fingerprint density at radius 1 is 1.10 bits per heavy atom. The van der Waals surface area contributed by atoms with Crippen LogP contribution in [-0.2, 0) is 9.59 Å². The van der Waals surface area contributed by atoms with E-state index in [2.05, 4.69) is 10.6 Å². The molecule has 0 unspecified atom stereocenters. The number of ketones is 1. The Kier molecular flexibility index (Phi) is 5.02. The number of carbonyl (C=O) groups is 3. The minimum absolute atomic E-state index is 0.0772. The molecular weight excluding hydrogens is 256 g/mol. The maximum absolute atomic E-state index is 11.7. The summed E-state index contributed by atoms with van der Waals surface area (Å²) in [6.45, 7) is 7.00. The van der Waals surface area contributed by atoms with E-state index in [0.29, 0.717) is 11.3 Å². The van der Waals surface area contributed by atoms with Crippen LogP contribution in [0.5, 0.6) is 0 Å². The quantitative estimate of drug-likeness (QED) is 0.653. The molecule has 0 saturated carbocycles. The minimum atomic E-state index is -0.410. The number of benzene rings is 1. The van der Waals surface area contributed by atoms with E-state index in [-0.39, 0.29) is 23.7 Å². The Labute approximate surface area is 118 Å². The third-order valence-electron chi connectivity index (χ3n) is 2.39. The van der Waals surface area contributed by atoms with Crippen molar-refractivity contribution < 1.29 is 14.4 Å². The lowest BCUT2D eigenvalue weighted by molar-refractivity contribution is -0.127. The van der Waals surface area contributed by atoms with E-state index in [4.69, 9.17) is 0 Å². The standard InChI is InChI=1S/C15H20N2O3/c1-10(18)11-6-5-7-12(8-11)16-13(19)9-14(20)17-15(2,3)4/h5-8H,9H2,1-4H3,(H,16,19)(H,17,20). The molecule has 0 aliphatic heterocycles. The first-order chi connectivity index (χ1) is 9.17. The van der Waals surface area contributed by atoms with Crippen molar-refractivity contribution in [2.75, 3.05) is 5.32 Å². The van der Waals surface area contributed by atoms with Gasteiger partial charge in [0.25, 0.3) is 0 Å². The van der Waals surface area contributed by atoms with E-state index < -0.39 is 5.91 Å². The fourth-order valence-electron chi connectivity index (χ4n) is 1.63. The van der Waals surface area contributed by atoms with Crippen LogP contribution in [0, 0.1) is 0 Å². The first kappa shape index (κ1) is 15.9. The normalized spacial score (nSPS) is 10.8. The predicted molar refractivity (Wildman–Crippen MR) is 77.6 cm³/mol. The van der Waals surface area contributed by atoms with Crippen LogP contribution >= 0.6 is 0 Å². The Hall–Kier alpha value is -2.17. The molecule has 0 aromatic heterocycles. The maximum atomic E-state index is 11.7. The average Bonchev–Trinajstić information content (AvgIpc) is 2.25. The van der Waals surface area contributed by atoms with Crippen molar-refractivity contribution in [2.45, 2.75) is 39.7 Å². The topological polar surface area (TPSA) is 75.3 Å². The van der Waals surface area contributed by atoms with Crippen molar-refractivity contribution >= 4 is 23.3 Å². The second-order valence-corrected chi connectivity index (χ2v) is 5.66. The van der Waals surface area contributed by atoms with Gasteiger partial charge in [0.05, 0.1) is 0 Å². The van der Waals surface area contributed by atoms with Crippen LogP contribution < -0.4 is 10.6 Å². The number of rotatable bonds is 4. The summed E-state index contributed by atoms with van der Waals surface area (Å²) < 4.78 is 0. The van der Waals surface area contributed by atoms with Gasteiger partial charge in [0.2, 0.25) is 11.8 Å². The fourth-order valence-corrected chi connectivity index (χ4v) is 1.63. The molecule has 0 heterocycles. The summed E-state index contributed by atoms with van der Waals surface area (Å²) in [6.07, 6.45) is -0.248. The zero-order valence-electron chi connectivity index (χ0n) is 12.2. The molecule has 1 rings (SSSR count). The molecule has 0 radical (unpaired) electrons. The van der Waals surface area contributed by atoms with Gasteiger partial charge in [-0.15, -0.1) is 0 Å². The number of nitrogens with one attached hydrogen (secondary N) is 2. The van der Waals surface area contributed by atoms with Gasteiger partial charge in [-0.3, -0.25) is 14.4 Å². The van der Waals surface area contributed by atoms with Crippen molar-refractivity contribution in [1.82, 2.24) is 5.32 Å². The van der Waals surface area contributed by atoms with Crippen molar-refractivity contribution in [3.63, 3.8) is 0 Å². The smallest absolute Gasteiger partial charge is 0.233 e. The van der Waals surface area contributed by atoms with E-state index >= 15 is 0 Å². The lowest BCUT2D eigenvalue weighted by Gasteiger charge is -2.20. The number of anilines is 1. The Morgan fingerprint density at radius 2 is 1.75 bits per heavy atom. The van der Waals surface area contributed by atoms with Gasteiger partial charge < -0.3 is 10.6 Å². The van der Waals surface area contributed by atoms with Gasteiger partial charge in [-0.25, -0.2) is 0 Å². The fraction of sp³-hybridized carbons (Fsp3) is 0.400. The van der Waals surface area contributed by atoms with Crippen molar-refractivity contribution in [3.05, 3.63) is 29.8 Å². The second-order valence-electron chi connectivity index (χ2n) is 5.66. The number of amides is 2. The van der Waals surface area contributed by atoms with Crippen LogP contribution in [-0.4, -0.2) is 23.1 Å². The second kappa shape index (κ2) is 6.32. The first-order valence-corrected chi connectivity index (χ1v) is 6.39. The monoisotopic (exact) mass is 276 g/mol. The molecule has 1 aromatic rings. The summed E-state index contributed by atoms with van der Waals surface area (Å²) in [7, 11) is 0. The highest BCUT2D eigenvalue weighted by atomic mass is 16.2. The van der Waals surface area contributed by atoms with Crippen LogP contribution in [0.3, 0.4) is 0 Å². The van der Waals surface area contributed by atoms with Gasteiger partial charge in [0.1, 0.15) is 6.42 Å². The van der Waals surface area contributed by atoms with Crippen LogP contribution in [0.2, 0.25) is 0 Å².